The number of rotatable bonds is 3. The maximum Gasteiger partial charge on any atom is 0.253 e. The van der Waals surface area contributed by atoms with E-state index in [2.05, 4.69) is 4.98 Å². The Bertz CT molecular complexity index is 673. The third-order valence-corrected chi connectivity index (χ3v) is 3.93. The van der Waals surface area contributed by atoms with Crippen molar-refractivity contribution in [3.05, 3.63) is 58.7 Å². The molecule has 1 aromatic heterocycles. The zero-order valence-electron chi connectivity index (χ0n) is 12.3. The lowest BCUT2D eigenvalue weighted by molar-refractivity contribution is 0.0771. The van der Waals surface area contributed by atoms with Crippen LogP contribution in [0.4, 0.5) is 0 Å². The number of benzene rings is 1. The van der Waals surface area contributed by atoms with Crippen LogP contribution in [0.25, 0.3) is 0 Å². The molecule has 0 spiro atoms. The first-order chi connectivity index (χ1) is 10.6. The minimum atomic E-state index is -0.00875. The zero-order valence-corrected chi connectivity index (χ0v) is 13.1. The van der Waals surface area contributed by atoms with E-state index in [-0.39, 0.29) is 12.0 Å². The topological polar surface area (TPSA) is 42.4 Å². The molecule has 0 aliphatic carbocycles. The van der Waals surface area contributed by atoms with Crippen molar-refractivity contribution in [3.8, 4) is 5.88 Å². The quantitative estimate of drug-likeness (QED) is 0.872. The molecule has 2 heterocycles. The van der Waals surface area contributed by atoms with E-state index in [0.717, 1.165) is 12.1 Å². The van der Waals surface area contributed by atoms with Gasteiger partial charge in [0.1, 0.15) is 6.10 Å². The van der Waals surface area contributed by atoms with Crippen LogP contribution in [0.5, 0.6) is 5.88 Å². The smallest absolute Gasteiger partial charge is 0.253 e. The van der Waals surface area contributed by atoms with Crippen molar-refractivity contribution in [1.82, 2.24) is 9.88 Å². The van der Waals surface area contributed by atoms with Crippen LogP contribution in [0.2, 0.25) is 5.02 Å². The molecular weight excluding hydrogens is 300 g/mol. The number of nitrogens with zero attached hydrogens (tertiary/aromatic N) is 2. The molecule has 0 N–H and O–H groups in total. The van der Waals surface area contributed by atoms with E-state index in [1.165, 1.54) is 0 Å². The molecule has 1 amide bonds. The largest absolute Gasteiger partial charge is 0.472 e. The number of carbonyl (C=O) groups excluding carboxylic acids is 1. The summed E-state index contributed by atoms with van der Waals surface area (Å²) < 4.78 is 5.87. The monoisotopic (exact) mass is 316 g/mol. The van der Waals surface area contributed by atoms with E-state index >= 15 is 0 Å². The van der Waals surface area contributed by atoms with Gasteiger partial charge in [0.2, 0.25) is 5.88 Å². The lowest BCUT2D eigenvalue weighted by Gasteiger charge is -2.17. The highest BCUT2D eigenvalue weighted by molar-refractivity contribution is 6.30. The lowest BCUT2D eigenvalue weighted by Crippen LogP contribution is -2.31. The van der Waals surface area contributed by atoms with Gasteiger partial charge in [-0.25, -0.2) is 4.98 Å². The molecule has 0 unspecified atom stereocenters. The molecule has 2 aromatic rings. The molecule has 1 aliphatic rings. The van der Waals surface area contributed by atoms with Crippen LogP contribution >= 0.6 is 11.6 Å². The van der Waals surface area contributed by atoms with E-state index in [1.807, 2.05) is 30.0 Å². The van der Waals surface area contributed by atoms with E-state index in [0.29, 0.717) is 29.6 Å². The van der Waals surface area contributed by atoms with Gasteiger partial charge in [-0.15, -0.1) is 0 Å². The normalized spacial score (nSPS) is 17.5. The second kappa shape index (κ2) is 6.36. The number of aromatic nitrogens is 1. The molecule has 3 rings (SSSR count). The first kappa shape index (κ1) is 14.9. The average molecular weight is 317 g/mol. The van der Waals surface area contributed by atoms with Gasteiger partial charge in [-0.2, -0.15) is 0 Å². The summed E-state index contributed by atoms with van der Waals surface area (Å²) in [5.41, 5.74) is 1.57. The molecule has 1 fully saturated rings. The van der Waals surface area contributed by atoms with Gasteiger partial charge in [0.05, 0.1) is 6.54 Å². The Morgan fingerprint density at radius 2 is 2.05 bits per heavy atom. The van der Waals surface area contributed by atoms with E-state index in [1.54, 1.807) is 24.3 Å². The molecule has 1 saturated heterocycles. The summed E-state index contributed by atoms with van der Waals surface area (Å²) >= 11 is 5.85. The van der Waals surface area contributed by atoms with Crippen molar-refractivity contribution in [1.29, 1.82) is 0 Å². The van der Waals surface area contributed by atoms with Gasteiger partial charge >= 0.3 is 0 Å². The van der Waals surface area contributed by atoms with Gasteiger partial charge in [0.25, 0.3) is 5.91 Å². The minimum Gasteiger partial charge on any atom is -0.472 e. The minimum absolute atomic E-state index is 0.00875. The van der Waals surface area contributed by atoms with Crippen molar-refractivity contribution >= 4 is 17.5 Å². The van der Waals surface area contributed by atoms with Crippen LogP contribution in [0.3, 0.4) is 0 Å². The molecule has 0 saturated carbocycles. The summed E-state index contributed by atoms with van der Waals surface area (Å²) in [6.07, 6.45) is 0.806. The number of hydrogen-bond donors (Lipinski definition) is 0. The number of carbonyl (C=O) groups is 1. The average Bonchev–Trinajstić information content (AvgIpc) is 2.96. The summed E-state index contributed by atoms with van der Waals surface area (Å²) in [6, 6.07) is 12.7. The fourth-order valence-corrected chi connectivity index (χ4v) is 2.66. The van der Waals surface area contributed by atoms with E-state index in [9.17, 15) is 4.79 Å². The predicted octanol–water partition coefficient (Wildman–Crippen LogP) is 3.34. The van der Waals surface area contributed by atoms with Crippen molar-refractivity contribution in [2.24, 2.45) is 0 Å². The maximum absolute atomic E-state index is 12.4. The standard InChI is InChI=1S/C17H17ClN2O2/c1-12-3-2-4-16(19-12)22-15-9-10-20(11-15)17(21)13-5-7-14(18)8-6-13/h2-8,15H,9-11H2,1H3/t15-/m1/s1. The summed E-state index contributed by atoms with van der Waals surface area (Å²) in [7, 11) is 0. The molecule has 1 atom stereocenters. The molecule has 1 aromatic carbocycles. The molecule has 22 heavy (non-hydrogen) atoms. The Balaban J connectivity index is 1.62. The Morgan fingerprint density at radius 1 is 1.27 bits per heavy atom. The number of halogens is 1. The van der Waals surface area contributed by atoms with E-state index < -0.39 is 0 Å². The van der Waals surface area contributed by atoms with Crippen LogP contribution < -0.4 is 4.74 Å². The number of aryl methyl sites for hydroxylation is 1. The first-order valence-electron chi connectivity index (χ1n) is 7.27. The summed E-state index contributed by atoms with van der Waals surface area (Å²) in [6.45, 7) is 3.20. The Morgan fingerprint density at radius 3 is 2.77 bits per heavy atom. The van der Waals surface area contributed by atoms with Crippen molar-refractivity contribution in [2.45, 2.75) is 19.4 Å². The molecular formula is C17H17ClN2O2. The van der Waals surface area contributed by atoms with Gasteiger partial charge in [-0.05, 0) is 37.3 Å². The SMILES string of the molecule is Cc1cccc(O[C@@H]2CCN(C(=O)c3ccc(Cl)cc3)C2)n1. The third kappa shape index (κ3) is 3.39. The first-order valence-corrected chi connectivity index (χ1v) is 7.65. The second-order valence-corrected chi connectivity index (χ2v) is 5.84. The highest BCUT2D eigenvalue weighted by atomic mass is 35.5. The van der Waals surface area contributed by atoms with E-state index in [4.69, 9.17) is 16.3 Å². The third-order valence-electron chi connectivity index (χ3n) is 3.67. The van der Waals surface area contributed by atoms with Crippen LogP contribution in [0, 0.1) is 6.92 Å². The predicted molar refractivity (Wildman–Crippen MR) is 85.4 cm³/mol. The summed E-state index contributed by atoms with van der Waals surface area (Å²) in [5, 5.41) is 0.629. The van der Waals surface area contributed by atoms with Crippen LogP contribution in [-0.4, -0.2) is 35.0 Å². The van der Waals surface area contributed by atoms with Gasteiger partial charge in [-0.1, -0.05) is 17.7 Å². The number of pyridine rings is 1. The Hall–Kier alpha value is -2.07. The second-order valence-electron chi connectivity index (χ2n) is 5.40. The molecule has 4 nitrogen and oxygen atoms in total. The highest BCUT2D eigenvalue weighted by Crippen LogP contribution is 2.19. The molecule has 114 valence electrons. The van der Waals surface area contributed by atoms with Gasteiger partial charge < -0.3 is 9.64 Å². The van der Waals surface area contributed by atoms with Crippen molar-refractivity contribution in [2.75, 3.05) is 13.1 Å². The Labute approximate surface area is 134 Å². The van der Waals surface area contributed by atoms with Crippen LogP contribution in [-0.2, 0) is 0 Å². The van der Waals surface area contributed by atoms with Crippen LogP contribution in [0.1, 0.15) is 22.5 Å². The number of likely N-dealkylation sites (tertiary alicyclic amines) is 1. The van der Waals surface area contributed by atoms with Gasteiger partial charge in [-0.3, -0.25) is 4.79 Å². The molecule has 1 aliphatic heterocycles. The molecule has 0 radical (unpaired) electrons. The molecule has 0 bridgehead atoms. The lowest BCUT2D eigenvalue weighted by atomic mass is 10.2. The summed E-state index contributed by atoms with van der Waals surface area (Å²) in [5.74, 6) is 0.630. The fourth-order valence-electron chi connectivity index (χ4n) is 2.54. The maximum atomic E-state index is 12.4. The fraction of sp³-hybridized carbons (Fsp3) is 0.294. The van der Waals surface area contributed by atoms with Crippen molar-refractivity contribution in [3.63, 3.8) is 0 Å². The van der Waals surface area contributed by atoms with Gasteiger partial charge in [0, 0.05) is 35.3 Å². The number of amides is 1. The number of hydrogen-bond acceptors (Lipinski definition) is 3. The van der Waals surface area contributed by atoms with Crippen LogP contribution in [0.15, 0.2) is 42.5 Å². The number of ether oxygens (including phenoxy) is 1. The van der Waals surface area contributed by atoms with Crippen molar-refractivity contribution < 1.29 is 9.53 Å². The summed E-state index contributed by atoms with van der Waals surface area (Å²) in [4.78, 5) is 18.6. The zero-order chi connectivity index (χ0) is 15.5. The van der Waals surface area contributed by atoms with Gasteiger partial charge in [0.15, 0.2) is 0 Å². The highest BCUT2D eigenvalue weighted by Gasteiger charge is 2.28. The Kier molecular flexibility index (Phi) is 4.29. The molecule has 5 heteroatoms.